The Balaban J connectivity index is 1.21. The van der Waals surface area contributed by atoms with Crippen LogP contribution >= 0.6 is 22.7 Å². The van der Waals surface area contributed by atoms with Gasteiger partial charge in [-0.15, -0.1) is 22.7 Å². The van der Waals surface area contributed by atoms with Crippen molar-refractivity contribution in [3.8, 4) is 43.8 Å². The summed E-state index contributed by atoms with van der Waals surface area (Å²) in [7, 11) is 0. The van der Waals surface area contributed by atoms with Crippen molar-refractivity contribution in [2.75, 3.05) is 0 Å². The fraction of sp³-hybridized carbons (Fsp3) is 0. The number of benzene rings is 9. The molecule has 0 bridgehead atoms. The van der Waals surface area contributed by atoms with Gasteiger partial charge in [-0.1, -0.05) is 164 Å². The lowest BCUT2D eigenvalue weighted by Gasteiger charge is -2.19. The molecule has 0 N–H and O–H groups in total. The van der Waals surface area contributed by atoms with Crippen molar-refractivity contribution < 1.29 is 0 Å². The van der Waals surface area contributed by atoms with Gasteiger partial charge in [0.2, 0.25) is 0 Å². The van der Waals surface area contributed by atoms with E-state index in [1.165, 1.54) is 106 Å². The maximum Gasteiger partial charge on any atom is 0.0449 e. The average molecular weight is 695 g/mol. The minimum atomic E-state index is 1.25. The highest BCUT2D eigenvalue weighted by molar-refractivity contribution is 7.28. The molecule has 0 atom stereocenters. The van der Waals surface area contributed by atoms with E-state index in [0.717, 1.165) is 0 Å². The summed E-state index contributed by atoms with van der Waals surface area (Å²) in [6.45, 7) is 0. The van der Waals surface area contributed by atoms with Gasteiger partial charge in [0, 0.05) is 40.7 Å². The Hall–Kier alpha value is -6.06. The van der Waals surface area contributed by atoms with E-state index in [-0.39, 0.29) is 0 Å². The van der Waals surface area contributed by atoms with Crippen LogP contribution in [0.15, 0.2) is 182 Å². The van der Waals surface area contributed by atoms with Crippen LogP contribution in [0.1, 0.15) is 0 Å². The molecule has 0 spiro atoms. The summed E-state index contributed by atoms with van der Waals surface area (Å²) in [5.74, 6) is 0. The van der Waals surface area contributed by atoms with E-state index in [1.807, 2.05) is 22.7 Å². The summed E-state index contributed by atoms with van der Waals surface area (Å²) in [5.41, 5.74) is 8.98. The molecule has 2 heterocycles. The predicted molar refractivity (Wildman–Crippen MR) is 229 cm³/mol. The molecule has 0 fully saturated rings. The molecular formula is C50H30S2. The molecule has 0 aliphatic heterocycles. The molecule has 242 valence electrons. The zero-order chi connectivity index (χ0) is 34.2. The zero-order valence-electron chi connectivity index (χ0n) is 28.1. The van der Waals surface area contributed by atoms with E-state index < -0.39 is 0 Å². The van der Waals surface area contributed by atoms with Crippen molar-refractivity contribution in [1.29, 1.82) is 0 Å². The Morgan fingerprint density at radius 3 is 1.60 bits per heavy atom. The lowest BCUT2D eigenvalue weighted by atomic mass is 9.84. The van der Waals surface area contributed by atoms with Gasteiger partial charge in [0.25, 0.3) is 0 Å². The van der Waals surface area contributed by atoms with Gasteiger partial charge < -0.3 is 0 Å². The van der Waals surface area contributed by atoms with Crippen LogP contribution in [0.25, 0.3) is 106 Å². The van der Waals surface area contributed by atoms with Gasteiger partial charge in [-0.2, -0.15) is 0 Å². The zero-order valence-corrected chi connectivity index (χ0v) is 29.8. The summed E-state index contributed by atoms with van der Waals surface area (Å²) in [4.78, 5) is 1.32. The van der Waals surface area contributed by atoms with Crippen LogP contribution < -0.4 is 0 Å². The minimum Gasteiger partial charge on any atom is -0.135 e. The monoisotopic (exact) mass is 694 g/mol. The third-order valence-corrected chi connectivity index (χ3v) is 13.1. The van der Waals surface area contributed by atoms with Crippen molar-refractivity contribution in [3.63, 3.8) is 0 Å². The maximum absolute atomic E-state index is 2.48. The van der Waals surface area contributed by atoms with Crippen LogP contribution in [0.4, 0.5) is 0 Å². The predicted octanol–water partition coefficient (Wildman–Crippen LogP) is 15.4. The average Bonchev–Trinajstić information content (AvgIpc) is 3.79. The fourth-order valence-electron chi connectivity index (χ4n) is 8.43. The van der Waals surface area contributed by atoms with Gasteiger partial charge in [-0.3, -0.25) is 0 Å². The molecule has 0 saturated heterocycles. The van der Waals surface area contributed by atoms with Gasteiger partial charge in [0.1, 0.15) is 0 Å². The lowest BCUT2D eigenvalue weighted by Crippen LogP contribution is -1.91. The molecule has 0 radical (unpaired) electrons. The van der Waals surface area contributed by atoms with E-state index in [2.05, 4.69) is 182 Å². The maximum atomic E-state index is 2.48. The van der Waals surface area contributed by atoms with Crippen LogP contribution in [0.5, 0.6) is 0 Å². The van der Waals surface area contributed by atoms with E-state index >= 15 is 0 Å². The largest absolute Gasteiger partial charge is 0.135 e. The van der Waals surface area contributed by atoms with Crippen LogP contribution in [0.3, 0.4) is 0 Å². The Bertz CT molecular complexity index is 3100. The minimum absolute atomic E-state index is 1.25. The lowest BCUT2D eigenvalue weighted by molar-refractivity contribution is 1.66. The Kier molecular flexibility index (Phi) is 6.70. The standard InChI is InChI=1S/C50H30S2/c1-3-15-32(16-4-1)46-41-27-29-44-48(50(41)52-49(46)33-17-5-2-6-18-33)42-30-34(26-28-43(42)51-44)45-37-21-9-11-23-39(37)47(40-24-12-10-22-38(40)45)36-25-13-19-31-14-7-8-20-35(31)36/h1-30H. The number of rotatable bonds is 4. The highest BCUT2D eigenvalue weighted by Crippen LogP contribution is 2.51. The van der Waals surface area contributed by atoms with Crippen molar-refractivity contribution >= 4 is 85.2 Å². The van der Waals surface area contributed by atoms with Crippen LogP contribution in [-0.4, -0.2) is 0 Å². The number of fused-ring (bicyclic) bond motifs is 8. The first-order valence-corrected chi connectivity index (χ1v) is 19.4. The quantitative estimate of drug-likeness (QED) is 0.161. The van der Waals surface area contributed by atoms with Gasteiger partial charge in [0.05, 0.1) is 0 Å². The molecule has 11 aromatic rings. The Morgan fingerprint density at radius 2 is 0.885 bits per heavy atom. The number of hydrogen-bond acceptors (Lipinski definition) is 2. The molecule has 11 rings (SSSR count). The van der Waals surface area contributed by atoms with Crippen LogP contribution in [0.2, 0.25) is 0 Å². The molecule has 0 aliphatic rings. The fourth-order valence-corrected chi connectivity index (χ4v) is 11.0. The number of hydrogen-bond donors (Lipinski definition) is 0. The van der Waals surface area contributed by atoms with Crippen LogP contribution in [-0.2, 0) is 0 Å². The normalized spacial score (nSPS) is 11.8. The molecule has 2 aromatic heterocycles. The molecule has 0 amide bonds. The van der Waals surface area contributed by atoms with E-state index in [9.17, 15) is 0 Å². The van der Waals surface area contributed by atoms with Gasteiger partial charge in [-0.05, 0) is 83.9 Å². The summed E-state index contributed by atoms with van der Waals surface area (Å²) in [6.07, 6.45) is 0. The van der Waals surface area contributed by atoms with Crippen molar-refractivity contribution in [1.82, 2.24) is 0 Å². The summed E-state index contributed by atoms with van der Waals surface area (Å²) in [6, 6.07) is 67.2. The highest BCUT2D eigenvalue weighted by Gasteiger charge is 2.22. The van der Waals surface area contributed by atoms with Gasteiger partial charge >= 0.3 is 0 Å². The van der Waals surface area contributed by atoms with Gasteiger partial charge in [-0.25, -0.2) is 0 Å². The Morgan fingerprint density at radius 1 is 0.308 bits per heavy atom. The molecule has 2 heteroatoms. The van der Waals surface area contributed by atoms with E-state index in [0.29, 0.717) is 0 Å². The highest BCUT2D eigenvalue weighted by atomic mass is 32.1. The van der Waals surface area contributed by atoms with Gasteiger partial charge in [0.15, 0.2) is 0 Å². The molecule has 0 aliphatic carbocycles. The molecular weight excluding hydrogens is 665 g/mol. The third kappa shape index (κ3) is 4.45. The van der Waals surface area contributed by atoms with E-state index in [1.54, 1.807) is 0 Å². The molecule has 52 heavy (non-hydrogen) atoms. The second-order valence-corrected chi connectivity index (χ2v) is 15.6. The first kappa shape index (κ1) is 29.6. The Labute approximate surface area is 309 Å². The second-order valence-electron chi connectivity index (χ2n) is 13.5. The van der Waals surface area contributed by atoms with Crippen molar-refractivity contribution in [2.24, 2.45) is 0 Å². The van der Waals surface area contributed by atoms with Crippen molar-refractivity contribution in [2.45, 2.75) is 0 Å². The topological polar surface area (TPSA) is 0 Å². The first-order valence-electron chi connectivity index (χ1n) is 17.8. The summed E-state index contributed by atoms with van der Waals surface area (Å²) in [5, 5.41) is 11.7. The summed E-state index contributed by atoms with van der Waals surface area (Å²) >= 11 is 3.84. The molecule has 0 unspecified atom stereocenters. The van der Waals surface area contributed by atoms with Crippen molar-refractivity contribution in [3.05, 3.63) is 182 Å². The second kappa shape index (κ2) is 11.7. The third-order valence-electron chi connectivity index (χ3n) is 10.7. The first-order chi connectivity index (χ1) is 25.8. The molecule has 0 saturated carbocycles. The summed E-state index contributed by atoms with van der Waals surface area (Å²) < 4.78 is 4.02. The SMILES string of the molecule is c1ccc(-c2sc3c(ccc4sc5ccc(-c6c7ccccc7c(-c7cccc8ccccc78)c7ccccc67)cc5c43)c2-c2ccccc2)cc1. The number of thiophene rings is 2. The van der Waals surface area contributed by atoms with E-state index in [4.69, 9.17) is 0 Å². The smallest absolute Gasteiger partial charge is 0.0449 e. The van der Waals surface area contributed by atoms with Crippen LogP contribution in [0, 0.1) is 0 Å². The molecule has 0 nitrogen and oxygen atoms in total. The molecule has 9 aromatic carbocycles.